The SMILES string of the molecule is CCOc1ccc(CN=Cc2ccc[nH]2)cc1. The largest absolute Gasteiger partial charge is 0.494 e. The number of hydrogen-bond acceptors (Lipinski definition) is 2. The third kappa shape index (κ3) is 3.48. The first kappa shape index (κ1) is 11.5. The Morgan fingerprint density at radius 1 is 1.24 bits per heavy atom. The fraction of sp³-hybridized carbons (Fsp3) is 0.214. The zero-order valence-corrected chi connectivity index (χ0v) is 9.89. The minimum Gasteiger partial charge on any atom is -0.494 e. The molecule has 0 fully saturated rings. The quantitative estimate of drug-likeness (QED) is 0.785. The molecule has 17 heavy (non-hydrogen) atoms. The molecular weight excluding hydrogens is 212 g/mol. The maximum atomic E-state index is 5.38. The van der Waals surface area contributed by atoms with Crippen molar-refractivity contribution in [1.82, 2.24) is 4.98 Å². The first-order valence-corrected chi connectivity index (χ1v) is 5.73. The molecule has 0 saturated carbocycles. The Morgan fingerprint density at radius 3 is 2.71 bits per heavy atom. The molecule has 1 aromatic carbocycles. The van der Waals surface area contributed by atoms with E-state index in [9.17, 15) is 0 Å². The van der Waals surface area contributed by atoms with Crippen molar-refractivity contribution >= 4 is 6.21 Å². The highest BCUT2D eigenvalue weighted by atomic mass is 16.5. The second-order valence-corrected chi connectivity index (χ2v) is 3.67. The number of nitrogens with zero attached hydrogens (tertiary/aromatic N) is 1. The van der Waals surface area contributed by atoms with Crippen LogP contribution in [-0.2, 0) is 6.54 Å². The molecule has 3 nitrogen and oxygen atoms in total. The van der Waals surface area contributed by atoms with E-state index in [2.05, 4.69) is 9.98 Å². The molecule has 0 saturated heterocycles. The van der Waals surface area contributed by atoms with Crippen LogP contribution in [0.2, 0.25) is 0 Å². The van der Waals surface area contributed by atoms with Crippen molar-refractivity contribution < 1.29 is 4.74 Å². The minimum atomic E-state index is 0.686. The summed E-state index contributed by atoms with van der Waals surface area (Å²) in [5, 5.41) is 0. The lowest BCUT2D eigenvalue weighted by Crippen LogP contribution is -1.91. The molecule has 0 radical (unpaired) electrons. The normalized spacial score (nSPS) is 10.9. The van der Waals surface area contributed by atoms with E-state index in [-0.39, 0.29) is 0 Å². The van der Waals surface area contributed by atoms with Gasteiger partial charge < -0.3 is 9.72 Å². The van der Waals surface area contributed by atoms with Crippen LogP contribution in [0, 0.1) is 0 Å². The van der Waals surface area contributed by atoms with Crippen LogP contribution >= 0.6 is 0 Å². The van der Waals surface area contributed by atoms with E-state index in [1.165, 1.54) is 5.56 Å². The summed E-state index contributed by atoms with van der Waals surface area (Å²) in [5.74, 6) is 0.907. The molecule has 0 aliphatic heterocycles. The van der Waals surface area contributed by atoms with Gasteiger partial charge in [-0.05, 0) is 36.8 Å². The van der Waals surface area contributed by atoms with Crippen molar-refractivity contribution in [3.63, 3.8) is 0 Å². The molecule has 88 valence electrons. The molecule has 0 spiro atoms. The van der Waals surface area contributed by atoms with Crippen LogP contribution in [0.3, 0.4) is 0 Å². The minimum absolute atomic E-state index is 0.686. The molecule has 0 unspecified atom stereocenters. The Labute approximate surface area is 101 Å². The van der Waals surface area contributed by atoms with Gasteiger partial charge in [0.2, 0.25) is 0 Å². The maximum Gasteiger partial charge on any atom is 0.119 e. The molecule has 3 heteroatoms. The average Bonchev–Trinajstić information content (AvgIpc) is 2.85. The lowest BCUT2D eigenvalue weighted by molar-refractivity contribution is 0.340. The number of aromatic nitrogens is 1. The number of benzene rings is 1. The van der Waals surface area contributed by atoms with E-state index < -0.39 is 0 Å². The van der Waals surface area contributed by atoms with Gasteiger partial charge in [-0.15, -0.1) is 0 Å². The number of aromatic amines is 1. The third-order valence-corrected chi connectivity index (χ3v) is 2.36. The summed E-state index contributed by atoms with van der Waals surface area (Å²) >= 11 is 0. The summed E-state index contributed by atoms with van der Waals surface area (Å²) in [6, 6.07) is 12.0. The summed E-state index contributed by atoms with van der Waals surface area (Å²) in [5.41, 5.74) is 2.20. The lowest BCUT2D eigenvalue weighted by Gasteiger charge is -2.02. The Hall–Kier alpha value is -2.03. The van der Waals surface area contributed by atoms with Gasteiger partial charge in [-0.2, -0.15) is 0 Å². The zero-order chi connectivity index (χ0) is 11.9. The summed E-state index contributed by atoms with van der Waals surface area (Å²) in [6.45, 7) is 3.37. The fourth-order valence-corrected chi connectivity index (χ4v) is 1.53. The predicted octanol–water partition coefficient (Wildman–Crippen LogP) is 3.03. The van der Waals surface area contributed by atoms with Gasteiger partial charge in [0.05, 0.1) is 18.8 Å². The molecule has 1 aromatic heterocycles. The van der Waals surface area contributed by atoms with E-state index in [1.54, 1.807) is 0 Å². The van der Waals surface area contributed by atoms with Crippen LogP contribution in [0.5, 0.6) is 5.75 Å². The second-order valence-electron chi connectivity index (χ2n) is 3.67. The van der Waals surface area contributed by atoms with Crippen molar-refractivity contribution in [3.8, 4) is 5.75 Å². The van der Waals surface area contributed by atoms with Gasteiger partial charge in [0.15, 0.2) is 0 Å². The maximum absolute atomic E-state index is 5.38. The van der Waals surface area contributed by atoms with Gasteiger partial charge in [0.25, 0.3) is 0 Å². The molecule has 0 aliphatic carbocycles. The monoisotopic (exact) mass is 228 g/mol. The van der Waals surface area contributed by atoms with Crippen LogP contribution in [0.4, 0.5) is 0 Å². The van der Waals surface area contributed by atoms with E-state index in [0.29, 0.717) is 13.2 Å². The van der Waals surface area contributed by atoms with Crippen LogP contribution in [0.1, 0.15) is 18.2 Å². The molecule has 2 aromatic rings. The van der Waals surface area contributed by atoms with E-state index >= 15 is 0 Å². The van der Waals surface area contributed by atoms with Crippen molar-refractivity contribution in [2.24, 2.45) is 4.99 Å². The third-order valence-electron chi connectivity index (χ3n) is 2.36. The Kier molecular flexibility index (Phi) is 3.97. The van der Waals surface area contributed by atoms with E-state index in [1.807, 2.05) is 55.7 Å². The number of ether oxygens (including phenoxy) is 1. The molecule has 1 heterocycles. The Morgan fingerprint density at radius 2 is 2.06 bits per heavy atom. The van der Waals surface area contributed by atoms with Crippen molar-refractivity contribution in [1.29, 1.82) is 0 Å². The van der Waals surface area contributed by atoms with Crippen molar-refractivity contribution in [3.05, 3.63) is 53.9 Å². The standard InChI is InChI=1S/C14H16N2O/c1-2-17-14-7-5-12(6-8-14)10-15-11-13-4-3-9-16-13/h3-9,11,16H,2,10H2,1H3. The van der Waals surface area contributed by atoms with Crippen LogP contribution in [-0.4, -0.2) is 17.8 Å². The highest BCUT2D eigenvalue weighted by Crippen LogP contribution is 2.12. The van der Waals surface area contributed by atoms with Crippen LogP contribution in [0.25, 0.3) is 0 Å². The second kappa shape index (κ2) is 5.89. The first-order chi connectivity index (χ1) is 8.38. The van der Waals surface area contributed by atoms with Crippen LogP contribution in [0.15, 0.2) is 47.6 Å². The summed E-state index contributed by atoms with van der Waals surface area (Å²) in [6.07, 6.45) is 3.73. The first-order valence-electron chi connectivity index (χ1n) is 5.73. The number of hydrogen-bond donors (Lipinski definition) is 1. The average molecular weight is 228 g/mol. The van der Waals surface area contributed by atoms with Crippen molar-refractivity contribution in [2.45, 2.75) is 13.5 Å². The summed E-state index contributed by atoms with van der Waals surface area (Å²) < 4.78 is 5.38. The molecular formula is C14H16N2O. The van der Waals surface area contributed by atoms with Gasteiger partial charge in [0.1, 0.15) is 5.75 Å². The molecule has 1 N–H and O–H groups in total. The molecule has 0 bridgehead atoms. The molecule has 0 aliphatic rings. The van der Waals surface area contributed by atoms with E-state index in [0.717, 1.165) is 11.4 Å². The number of rotatable bonds is 5. The number of nitrogens with one attached hydrogen (secondary N) is 1. The van der Waals surface area contributed by atoms with E-state index in [4.69, 9.17) is 4.74 Å². The van der Waals surface area contributed by atoms with Gasteiger partial charge >= 0.3 is 0 Å². The molecule has 2 rings (SSSR count). The fourth-order valence-electron chi connectivity index (χ4n) is 1.53. The van der Waals surface area contributed by atoms with Gasteiger partial charge in [-0.1, -0.05) is 12.1 Å². The topological polar surface area (TPSA) is 37.4 Å². The summed E-state index contributed by atoms with van der Waals surface area (Å²) in [4.78, 5) is 7.44. The lowest BCUT2D eigenvalue weighted by atomic mass is 10.2. The smallest absolute Gasteiger partial charge is 0.119 e. The zero-order valence-electron chi connectivity index (χ0n) is 9.89. The number of aliphatic imine (C=N–C) groups is 1. The van der Waals surface area contributed by atoms with Gasteiger partial charge in [-0.25, -0.2) is 0 Å². The van der Waals surface area contributed by atoms with Gasteiger partial charge in [0, 0.05) is 12.4 Å². The highest BCUT2D eigenvalue weighted by molar-refractivity contribution is 5.76. The Balaban J connectivity index is 1.91. The number of H-pyrrole nitrogens is 1. The van der Waals surface area contributed by atoms with Crippen molar-refractivity contribution in [2.75, 3.05) is 6.61 Å². The molecule has 0 amide bonds. The predicted molar refractivity (Wildman–Crippen MR) is 69.7 cm³/mol. The summed E-state index contributed by atoms with van der Waals surface area (Å²) in [7, 11) is 0. The van der Waals surface area contributed by atoms with Crippen LogP contribution < -0.4 is 4.74 Å². The highest BCUT2D eigenvalue weighted by Gasteiger charge is 1.93. The van der Waals surface area contributed by atoms with Gasteiger partial charge in [-0.3, -0.25) is 4.99 Å². The Bertz CT molecular complexity index is 457. The molecule has 0 atom stereocenters.